The number of nitrogens with one attached hydrogen (secondary N) is 1. The molecule has 0 spiro atoms. The molecule has 66 valence electrons. The second kappa shape index (κ2) is 3.54. The van der Waals surface area contributed by atoms with Crippen LogP contribution in [0.5, 0.6) is 0 Å². The van der Waals surface area contributed by atoms with Gasteiger partial charge in [-0.1, -0.05) is 0 Å². The Labute approximate surface area is 64.4 Å². The molecule has 0 bridgehead atoms. The fraction of sp³-hybridized carbons (Fsp3) is 0.750. The van der Waals surface area contributed by atoms with Crippen LogP contribution < -0.4 is 4.72 Å². The van der Waals surface area contributed by atoms with Gasteiger partial charge in [0.25, 0.3) is 0 Å². The van der Waals surface area contributed by atoms with Crippen molar-refractivity contribution in [3.8, 4) is 0 Å². The summed E-state index contributed by atoms with van der Waals surface area (Å²) < 4.78 is 33.5. The Morgan fingerprint density at radius 3 is 2.27 bits per heavy atom. The van der Waals surface area contributed by atoms with Gasteiger partial charge in [-0.15, -0.1) is 0 Å². The highest BCUT2D eigenvalue weighted by molar-refractivity contribution is 7.84. The van der Waals surface area contributed by atoms with Crippen molar-refractivity contribution in [2.45, 2.75) is 20.0 Å². The van der Waals surface area contributed by atoms with E-state index in [2.05, 4.69) is 4.74 Å². The highest BCUT2D eigenvalue weighted by atomic mass is 32.2. The van der Waals surface area contributed by atoms with E-state index in [9.17, 15) is 13.2 Å². The molecule has 11 heavy (non-hydrogen) atoms. The molecule has 0 aliphatic rings. The molecule has 0 saturated heterocycles. The maximum Gasteiger partial charge on any atom is 0.422 e. The minimum absolute atomic E-state index is 0.434. The molecule has 0 radical (unpaired) electrons. The lowest BCUT2D eigenvalue weighted by Crippen LogP contribution is -2.31. The summed E-state index contributed by atoms with van der Waals surface area (Å²) >= 11 is 0. The molecule has 0 saturated carbocycles. The minimum atomic E-state index is -4.49. The summed E-state index contributed by atoms with van der Waals surface area (Å²) in [4.78, 5) is 10.4. The van der Waals surface area contributed by atoms with Crippen LogP contribution in [-0.4, -0.2) is 25.2 Å². The van der Waals surface area contributed by atoms with E-state index >= 15 is 0 Å². The molecular weight excluding hydrogens is 174 g/mol. The highest BCUT2D eigenvalue weighted by Gasteiger charge is 2.11. The molecule has 6 nitrogen and oxygen atoms in total. The van der Waals surface area contributed by atoms with Gasteiger partial charge in [0.05, 0.1) is 6.10 Å². The number of carbonyl (C=O) groups is 1. The van der Waals surface area contributed by atoms with Gasteiger partial charge in [0.15, 0.2) is 0 Å². The van der Waals surface area contributed by atoms with E-state index in [1.54, 1.807) is 13.8 Å². The fourth-order valence-corrected chi connectivity index (χ4v) is 0.602. The monoisotopic (exact) mass is 183 g/mol. The van der Waals surface area contributed by atoms with Crippen molar-refractivity contribution in [1.29, 1.82) is 0 Å². The van der Waals surface area contributed by atoms with Gasteiger partial charge in [0, 0.05) is 0 Å². The maximum absolute atomic E-state index is 10.4. The van der Waals surface area contributed by atoms with E-state index < -0.39 is 22.5 Å². The van der Waals surface area contributed by atoms with Gasteiger partial charge < -0.3 is 4.74 Å². The third-order valence-corrected chi connectivity index (χ3v) is 0.980. The van der Waals surface area contributed by atoms with Crippen LogP contribution in [0.2, 0.25) is 0 Å². The van der Waals surface area contributed by atoms with Crippen molar-refractivity contribution >= 4 is 16.4 Å². The van der Waals surface area contributed by atoms with Gasteiger partial charge in [0.1, 0.15) is 0 Å². The van der Waals surface area contributed by atoms with Crippen LogP contribution in [-0.2, 0) is 15.0 Å². The van der Waals surface area contributed by atoms with E-state index in [1.807, 2.05) is 0 Å². The average molecular weight is 183 g/mol. The van der Waals surface area contributed by atoms with Crippen LogP contribution in [0.3, 0.4) is 0 Å². The molecule has 0 aliphatic heterocycles. The Kier molecular flexibility index (Phi) is 3.27. The lowest BCUT2D eigenvalue weighted by molar-refractivity contribution is 0.121. The zero-order valence-corrected chi connectivity index (χ0v) is 6.88. The van der Waals surface area contributed by atoms with Gasteiger partial charge in [0.2, 0.25) is 0 Å². The van der Waals surface area contributed by atoms with Crippen LogP contribution in [0.4, 0.5) is 4.79 Å². The minimum Gasteiger partial charge on any atom is -0.446 e. The molecule has 0 aromatic carbocycles. The molecule has 2 N–H and O–H groups in total. The first-order valence-corrected chi connectivity index (χ1v) is 4.21. The molecular formula is C4H9NO5S. The topological polar surface area (TPSA) is 92.7 Å². The molecule has 0 fully saturated rings. The van der Waals surface area contributed by atoms with Crippen LogP contribution in [0.1, 0.15) is 13.8 Å². The highest BCUT2D eigenvalue weighted by Crippen LogP contribution is 1.88. The molecule has 7 heteroatoms. The molecule has 0 rings (SSSR count). The summed E-state index contributed by atoms with van der Waals surface area (Å²) in [7, 11) is -4.49. The van der Waals surface area contributed by atoms with Crippen molar-refractivity contribution in [2.24, 2.45) is 0 Å². The number of amides is 1. The van der Waals surface area contributed by atoms with Gasteiger partial charge >= 0.3 is 16.4 Å². The first-order valence-electron chi connectivity index (χ1n) is 2.77. The Bertz CT molecular complexity index is 231. The normalized spacial score (nSPS) is 11.3. The second-order valence-electron chi connectivity index (χ2n) is 2.03. The van der Waals surface area contributed by atoms with Gasteiger partial charge in [-0.05, 0) is 13.8 Å². The Morgan fingerprint density at radius 1 is 1.55 bits per heavy atom. The van der Waals surface area contributed by atoms with Crippen molar-refractivity contribution in [3.63, 3.8) is 0 Å². The maximum atomic E-state index is 10.4. The van der Waals surface area contributed by atoms with Crippen molar-refractivity contribution in [1.82, 2.24) is 4.72 Å². The molecule has 0 unspecified atom stereocenters. The lowest BCUT2D eigenvalue weighted by atomic mass is 10.5. The first-order chi connectivity index (χ1) is 4.81. The molecule has 0 aromatic heterocycles. The summed E-state index contributed by atoms with van der Waals surface area (Å²) in [5.41, 5.74) is 0. The summed E-state index contributed by atoms with van der Waals surface area (Å²) in [6, 6.07) is 0. The third-order valence-electron chi connectivity index (χ3n) is 0.555. The summed E-state index contributed by atoms with van der Waals surface area (Å²) in [6.07, 6.45) is -1.63. The number of rotatable bonds is 2. The van der Waals surface area contributed by atoms with Crippen molar-refractivity contribution in [3.05, 3.63) is 0 Å². The SMILES string of the molecule is CC(C)OC(=O)NS(=O)(=O)O. The molecule has 1 amide bonds. The summed E-state index contributed by atoms with van der Waals surface area (Å²) in [5.74, 6) is 0. The number of hydrogen-bond acceptors (Lipinski definition) is 4. The van der Waals surface area contributed by atoms with Crippen LogP contribution in [0, 0.1) is 0 Å². The molecule has 0 aromatic rings. The number of ether oxygens (including phenoxy) is 1. The van der Waals surface area contributed by atoms with E-state index in [-0.39, 0.29) is 0 Å². The van der Waals surface area contributed by atoms with Gasteiger partial charge in [-0.2, -0.15) is 13.1 Å². The summed E-state index contributed by atoms with van der Waals surface area (Å²) in [5, 5.41) is 0. The second-order valence-corrected chi connectivity index (χ2v) is 3.19. The van der Waals surface area contributed by atoms with Gasteiger partial charge in [-0.3, -0.25) is 4.55 Å². The standard InChI is InChI=1S/C4H9NO5S/c1-3(2)10-4(6)5-11(7,8)9/h3H,1-2H3,(H,5,6)(H,7,8,9). The van der Waals surface area contributed by atoms with Crippen LogP contribution in [0.15, 0.2) is 0 Å². The third kappa shape index (κ3) is 7.07. The quantitative estimate of drug-likeness (QED) is 0.584. The number of hydrogen-bond donors (Lipinski definition) is 2. The first kappa shape index (κ1) is 10.2. The fourth-order valence-electron chi connectivity index (χ4n) is 0.343. The average Bonchev–Trinajstić information content (AvgIpc) is 1.53. The van der Waals surface area contributed by atoms with Crippen LogP contribution >= 0.6 is 0 Å². The molecule has 0 aliphatic carbocycles. The van der Waals surface area contributed by atoms with E-state index in [0.717, 1.165) is 0 Å². The zero-order chi connectivity index (χ0) is 9.07. The smallest absolute Gasteiger partial charge is 0.422 e. The molecule has 0 heterocycles. The number of carbonyl (C=O) groups excluding carboxylic acids is 1. The predicted molar refractivity (Wildman–Crippen MR) is 36.3 cm³/mol. The molecule has 0 atom stereocenters. The summed E-state index contributed by atoms with van der Waals surface area (Å²) in [6.45, 7) is 3.09. The van der Waals surface area contributed by atoms with Gasteiger partial charge in [-0.25, -0.2) is 4.79 Å². The Morgan fingerprint density at radius 2 is 2.00 bits per heavy atom. The lowest BCUT2D eigenvalue weighted by Gasteiger charge is -2.06. The van der Waals surface area contributed by atoms with Crippen LogP contribution in [0.25, 0.3) is 0 Å². The van der Waals surface area contributed by atoms with Crippen molar-refractivity contribution < 1.29 is 22.5 Å². The van der Waals surface area contributed by atoms with Crippen molar-refractivity contribution in [2.75, 3.05) is 0 Å². The van der Waals surface area contributed by atoms with E-state index in [0.29, 0.717) is 0 Å². The zero-order valence-electron chi connectivity index (χ0n) is 6.07. The van der Waals surface area contributed by atoms with E-state index in [4.69, 9.17) is 4.55 Å². The Hall–Kier alpha value is -0.820. The predicted octanol–water partition coefficient (Wildman–Crippen LogP) is -0.0762. The Balaban J connectivity index is 3.91. The van der Waals surface area contributed by atoms with E-state index in [1.165, 1.54) is 4.72 Å². The largest absolute Gasteiger partial charge is 0.446 e.